The van der Waals surface area contributed by atoms with Gasteiger partial charge in [0.25, 0.3) is 10.1 Å². The van der Waals surface area contributed by atoms with Crippen molar-refractivity contribution in [3.8, 4) is 0 Å². The summed E-state index contributed by atoms with van der Waals surface area (Å²) in [5.41, 5.74) is 0. The Labute approximate surface area is 109 Å². The third-order valence-electron chi connectivity index (χ3n) is 0.528. The number of rotatable bonds is 2. The first-order valence-electron chi connectivity index (χ1n) is 1.97. The summed E-state index contributed by atoms with van der Waals surface area (Å²) in [4.78, 5) is 10.1. The van der Waals surface area contributed by atoms with E-state index in [1.807, 2.05) is 0 Å². The van der Waals surface area contributed by atoms with E-state index in [1.165, 1.54) is 0 Å². The van der Waals surface area contributed by atoms with Crippen LogP contribution in [0.5, 0.6) is 0 Å². The molecule has 8 heteroatoms. The molecule has 11 heavy (non-hydrogen) atoms. The minimum atomic E-state index is -4.21. The maximum atomic E-state index is 10.1. The fourth-order valence-corrected chi connectivity index (χ4v) is 0.624. The van der Waals surface area contributed by atoms with Gasteiger partial charge < -0.3 is 4.74 Å². The van der Waals surface area contributed by atoms with E-state index >= 15 is 0 Å². The first-order chi connectivity index (χ1) is 3.95. The zero-order valence-corrected chi connectivity index (χ0v) is 5.51. The monoisotopic (exact) mass is 202 g/mol. The van der Waals surface area contributed by atoms with Crippen molar-refractivity contribution in [3.05, 3.63) is 0 Å². The van der Waals surface area contributed by atoms with Crippen LogP contribution in [-0.2, 0) is 19.6 Å². The van der Waals surface area contributed by atoms with E-state index in [4.69, 9.17) is 4.55 Å². The fraction of sp³-hybridized carbons (Fsp3) is 0.667. The Morgan fingerprint density at radius 2 is 1.82 bits per heavy atom. The van der Waals surface area contributed by atoms with Gasteiger partial charge >= 0.3 is 65.1 Å². The maximum absolute atomic E-state index is 10.1. The molecule has 0 spiro atoms. The Kier molecular flexibility index (Phi) is 13.3. The van der Waals surface area contributed by atoms with Gasteiger partial charge in [-0.2, -0.15) is 8.42 Å². The van der Waals surface area contributed by atoms with Crippen LogP contribution < -0.4 is 0 Å². The molecule has 5 nitrogen and oxygen atoms in total. The topological polar surface area (TPSA) is 80.7 Å². The molecule has 0 bridgehead atoms. The van der Waals surface area contributed by atoms with Crippen LogP contribution in [0.3, 0.4) is 0 Å². The first-order valence-corrected chi connectivity index (χ1v) is 3.58. The Balaban J connectivity index is -0.000000320. The zero-order chi connectivity index (χ0) is 7.49. The molecule has 0 heterocycles. The fourth-order valence-electron chi connectivity index (χ4n) is 0.208. The van der Waals surface area contributed by atoms with E-state index in [2.05, 4.69) is 4.74 Å². The summed E-state index contributed by atoms with van der Waals surface area (Å²) in [6, 6.07) is 0. The van der Waals surface area contributed by atoms with Gasteiger partial charge in [0.15, 0.2) is 5.75 Å². The predicted molar refractivity (Wildman–Crippen MR) is 42.7 cm³/mol. The first kappa shape index (κ1) is 18.2. The zero-order valence-electron chi connectivity index (χ0n) is 4.70. The molecule has 1 N–H and O–H groups in total. The number of hydrogen-bond donors (Lipinski definition) is 1. The van der Waals surface area contributed by atoms with Crippen molar-refractivity contribution in [2.45, 2.75) is 0 Å². The third-order valence-corrected chi connectivity index (χ3v) is 1.13. The Morgan fingerprint density at radius 3 is 1.91 bits per heavy atom. The summed E-state index contributed by atoms with van der Waals surface area (Å²) >= 11 is 0. The summed E-state index contributed by atoms with van der Waals surface area (Å²) in [6.45, 7) is 0. The summed E-state index contributed by atoms with van der Waals surface area (Å²) in [6.07, 6.45) is 0. The van der Waals surface area contributed by atoms with Crippen LogP contribution in [0.4, 0.5) is 0 Å². The second-order valence-corrected chi connectivity index (χ2v) is 2.75. The third kappa shape index (κ3) is 14.3. The van der Waals surface area contributed by atoms with Gasteiger partial charge in [-0.05, 0) is 0 Å². The molecular weight excluding hydrogens is 194 g/mol. The SMILES string of the molecule is COC(=O)CS(=O)(=O)O.[NaH].[NaH]. The molecule has 0 radical (unpaired) electrons. The van der Waals surface area contributed by atoms with E-state index < -0.39 is 21.8 Å². The Bertz CT molecular complexity index is 198. The normalized spacial score (nSPS) is 8.91. The van der Waals surface area contributed by atoms with E-state index in [0.717, 1.165) is 7.11 Å². The molecule has 0 aromatic rings. The molecular formula is C3H8Na2O5S. The summed E-state index contributed by atoms with van der Waals surface area (Å²) in [5, 5.41) is 0. The standard InChI is InChI=1S/C3H6O5S.2Na.2H/c1-8-3(4)2-9(5,6)7;;;;/h2H2,1H3,(H,5,6,7);;;;. The van der Waals surface area contributed by atoms with Crippen molar-refractivity contribution in [1.29, 1.82) is 0 Å². The van der Waals surface area contributed by atoms with Gasteiger partial charge in [0.1, 0.15) is 0 Å². The number of ether oxygens (including phenoxy) is 1. The summed E-state index contributed by atoms with van der Waals surface area (Å²) in [7, 11) is -3.17. The number of carbonyl (C=O) groups excluding carboxylic acids is 1. The van der Waals surface area contributed by atoms with Crippen LogP contribution in [0.1, 0.15) is 0 Å². The van der Waals surface area contributed by atoms with Gasteiger partial charge in [0.2, 0.25) is 0 Å². The van der Waals surface area contributed by atoms with Crippen LogP contribution in [0.25, 0.3) is 0 Å². The summed E-state index contributed by atoms with van der Waals surface area (Å²) < 4.78 is 31.6. The average molecular weight is 202 g/mol. The molecule has 0 aliphatic carbocycles. The molecule has 0 unspecified atom stereocenters. The van der Waals surface area contributed by atoms with Crippen molar-refractivity contribution >= 4 is 75.2 Å². The van der Waals surface area contributed by atoms with Crippen LogP contribution in [0.2, 0.25) is 0 Å². The van der Waals surface area contributed by atoms with Crippen molar-refractivity contribution in [2.24, 2.45) is 0 Å². The van der Waals surface area contributed by atoms with Crippen molar-refractivity contribution < 1.29 is 22.5 Å². The van der Waals surface area contributed by atoms with Crippen LogP contribution >= 0.6 is 0 Å². The van der Waals surface area contributed by atoms with Crippen LogP contribution in [0.15, 0.2) is 0 Å². The van der Waals surface area contributed by atoms with E-state index in [-0.39, 0.29) is 59.1 Å². The van der Waals surface area contributed by atoms with Gasteiger partial charge in [-0.15, -0.1) is 0 Å². The molecule has 0 atom stereocenters. The second kappa shape index (κ2) is 8.00. The Morgan fingerprint density at radius 1 is 1.45 bits per heavy atom. The molecule has 58 valence electrons. The molecule has 0 saturated carbocycles. The Hall–Kier alpha value is 1.38. The van der Waals surface area contributed by atoms with Gasteiger partial charge in [0.05, 0.1) is 7.11 Å². The molecule has 0 aliphatic heterocycles. The number of esters is 1. The van der Waals surface area contributed by atoms with Gasteiger partial charge in [-0.1, -0.05) is 0 Å². The van der Waals surface area contributed by atoms with E-state index in [1.54, 1.807) is 0 Å². The molecule has 0 aromatic carbocycles. The molecule has 0 aliphatic rings. The van der Waals surface area contributed by atoms with Crippen LogP contribution in [0, 0.1) is 0 Å². The van der Waals surface area contributed by atoms with E-state index in [9.17, 15) is 13.2 Å². The molecule has 0 saturated heterocycles. The predicted octanol–water partition coefficient (Wildman–Crippen LogP) is -2.25. The quantitative estimate of drug-likeness (QED) is 0.311. The summed E-state index contributed by atoms with van der Waals surface area (Å²) in [5.74, 6) is -1.96. The van der Waals surface area contributed by atoms with Gasteiger partial charge in [-0.3, -0.25) is 9.35 Å². The number of hydrogen-bond acceptors (Lipinski definition) is 4. The van der Waals surface area contributed by atoms with Gasteiger partial charge in [-0.25, -0.2) is 0 Å². The van der Waals surface area contributed by atoms with Crippen molar-refractivity contribution in [2.75, 3.05) is 12.9 Å². The van der Waals surface area contributed by atoms with Crippen molar-refractivity contribution in [3.63, 3.8) is 0 Å². The second-order valence-electron chi connectivity index (χ2n) is 1.30. The minimum absolute atomic E-state index is 0. The van der Waals surface area contributed by atoms with E-state index in [0.29, 0.717) is 0 Å². The molecule has 0 rings (SSSR count). The number of carbonyl (C=O) groups is 1. The molecule has 0 fully saturated rings. The van der Waals surface area contributed by atoms with Crippen molar-refractivity contribution in [1.82, 2.24) is 0 Å². The molecule has 0 aromatic heterocycles. The average Bonchev–Trinajstić information content (AvgIpc) is 1.62. The molecule has 0 amide bonds. The number of methoxy groups -OCH3 is 1. The van der Waals surface area contributed by atoms with Gasteiger partial charge in [0, 0.05) is 0 Å². The van der Waals surface area contributed by atoms with Crippen LogP contribution in [-0.4, -0.2) is 90.9 Å².